The van der Waals surface area contributed by atoms with Crippen LogP contribution in [0.5, 0.6) is 5.88 Å². The van der Waals surface area contributed by atoms with Gasteiger partial charge in [-0.05, 0) is 54.2 Å². The van der Waals surface area contributed by atoms with Gasteiger partial charge >= 0.3 is 5.97 Å². The number of aryl methyl sites for hydroxylation is 1. The summed E-state index contributed by atoms with van der Waals surface area (Å²) in [5, 5.41) is 0. The Morgan fingerprint density at radius 2 is 1.37 bits per heavy atom. The standard InChI is InChI=1S/C31H39NO3/c1-3-5-7-9-11-25-12-18-28(19-13-25)31(33)35-30-21-20-29(23-32-30)27-16-14-26(15-17-27)24-34-22-10-8-6-4-2/h12-21,23H,3-11,22,24H2,1-2H3. The molecule has 1 aromatic heterocycles. The van der Waals surface area contributed by atoms with E-state index in [1.54, 1.807) is 12.3 Å². The third-order valence-electron chi connectivity index (χ3n) is 6.14. The Morgan fingerprint density at radius 1 is 0.714 bits per heavy atom. The normalized spacial score (nSPS) is 10.9. The van der Waals surface area contributed by atoms with E-state index < -0.39 is 0 Å². The molecule has 186 valence electrons. The molecule has 35 heavy (non-hydrogen) atoms. The number of hydrogen-bond acceptors (Lipinski definition) is 4. The highest BCUT2D eigenvalue weighted by atomic mass is 16.5. The molecule has 0 bridgehead atoms. The number of esters is 1. The average molecular weight is 474 g/mol. The molecule has 0 aliphatic carbocycles. The lowest BCUT2D eigenvalue weighted by atomic mass is 10.0. The predicted octanol–water partition coefficient (Wildman–Crippen LogP) is 8.19. The summed E-state index contributed by atoms with van der Waals surface area (Å²) in [6.45, 7) is 5.88. The number of unbranched alkanes of at least 4 members (excludes halogenated alkanes) is 6. The number of nitrogens with zero attached hydrogens (tertiary/aromatic N) is 1. The minimum atomic E-state index is -0.387. The molecule has 0 radical (unpaired) electrons. The molecule has 3 rings (SSSR count). The molecule has 4 nitrogen and oxygen atoms in total. The van der Waals surface area contributed by atoms with Crippen molar-refractivity contribution in [3.8, 4) is 17.0 Å². The van der Waals surface area contributed by atoms with Gasteiger partial charge in [0.05, 0.1) is 12.2 Å². The molecule has 0 spiro atoms. The van der Waals surface area contributed by atoms with E-state index >= 15 is 0 Å². The van der Waals surface area contributed by atoms with Crippen LogP contribution in [0.25, 0.3) is 11.1 Å². The van der Waals surface area contributed by atoms with E-state index in [0.29, 0.717) is 18.1 Å². The number of benzene rings is 2. The maximum Gasteiger partial charge on any atom is 0.344 e. The van der Waals surface area contributed by atoms with Crippen molar-refractivity contribution in [3.63, 3.8) is 0 Å². The van der Waals surface area contributed by atoms with Crippen LogP contribution in [-0.4, -0.2) is 17.6 Å². The molecular weight excluding hydrogens is 434 g/mol. The number of pyridine rings is 1. The van der Waals surface area contributed by atoms with Gasteiger partial charge in [0.25, 0.3) is 0 Å². The second-order valence-electron chi connectivity index (χ2n) is 9.09. The van der Waals surface area contributed by atoms with E-state index in [1.165, 1.54) is 50.5 Å². The molecule has 0 amide bonds. The lowest BCUT2D eigenvalue weighted by Gasteiger charge is -2.08. The van der Waals surface area contributed by atoms with Crippen molar-refractivity contribution >= 4 is 5.97 Å². The number of carbonyl (C=O) groups is 1. The Labute approximate surface area is 210 Å². The van der Waals surface area contributed by atoms with Crippen LogP contribution in [0.3, 0.4) is 0 Å². The van der Waals surface area contributed by atoms with Crippen molar-refractivity contribution < 1.29 is 14.3 Å². The summed E-state index contributed by atoms with van der Waals surface area (Å²) in [5.41, 5.74) is 5.00. The average Bonchev–Trinajstić information content (AvgIpc) is 2.90. The van der Waals surface area contributed by atoms with Crippen LogP contribution in [0.2, 0.25) is 0 Å². The number of aromatic nitrogens is 1. The molecule has 4 heteroatoms. The zero-order valence-electron chi connectivity index (χ0n) is 21.3. The summed E-state index contributed by atoms with van der Waals surface area (Å²) in [6, 6.07) is 19.7. The highest BCUT2D eigenvalue weighted by Crippen LogP contribution is 2.22. The van der Waals surface area contributed by atoms with E-state index in [4.69, 9.17) is 9.47 Å². The van der Waals surface area contributed by atoms with Gasteiger partial charge in [-0.2, -0.15) is 0 Å². The maximum absolute atomic E-state index is 12.5. The number of rotatable bonds is 15. The molecule has 0 aliphatic rings. The summed E-state index contributed by atoms with van der Waals surface area (Å²) in [7, 11) is 0. The fourth-order valence-electron chi connectivity index (χ4n) is 3.94. The van der Waals surface area contributed by atoms with E-state index in [1.807, 2.05) is 30.3 Å². The first kappa shape index (κ1) is 26.6. The van der Waals surface area contributed by atoms with Gasteiger partial charge in [0, 0.05) is 24.4 Å². The van der Waals surface area contributed by atoms with E-state index in [-0.39, 0.29) is 5.97 Å². The topological polar surface area (TPSA) is 48.4 Å². The summed E-state index contributed by atoms with van der Waals surface area (Å²) in [5.74, 6) is -0.0858. The molecule has 0 atom stereocenters. The van der Waals surface area contributed by atoms with Gasteiger partial charge in [0.1, 0.15) is 0 Å². The predicted molar refractivity (Wildman–Crippen MR) is 143 cm³/mol. The van der Waals surface area contributed by atoms with Crippen LogP contribution in [0.1, 0.15) is 86.7 Å². The Morgan fingerprint density at radius 3 is 2.03 bits per heavy atom. The van der Waals surface area contributed by atoms with Crippen molar-refractivity contribution in [2.75, 3.05) is 6.61 Å². The van der Waals surface area contributed by atoms with Crippen molar-refractivity contribution in [3.05, 3.63) is 83.6 Å². The van der Waals surface area contributed by atoms with Crippen molar-refractivity contribution in [2.24, 2.45) is 0 Å². The van der Waals surface area contributed by atoms with Gasteiger partial charge in [-0.25, -0.2) is 9.78 Å². The largest absolute Gasteiger partial charge is 0.404 e. The summed E-state index contributed by atoms with van der Waals surface area (Å²) in [6.07, 6.45) is 12.6. The first-order valence-corrected chi connectivity index (χ1v) is 13.1. The van der Waals surface area contributed by atoms with Gasteiger partial charge < -0.3 is 9.47 Å². The SMILES string of the molecule is CCCCCCOCc1ccc(-c2ccc(OC(=O)c3ccc(CCCCCC)cc3)nc2)cc1. The Balaban J connectivity index is 1.46. The molecule has 0 aliphatic heterocycles. The zero-order valence-corrected chi connectivity index (χ0v) is 21.3. The molecule has 0 N–H and O–H groups in total. The van der Waals surface area contributed by atoms with Crippen LogP contribution >= 0.6 is 0 Å². The second kappa shape index (κ2) is 15.1. The third kappa shape index (κ3) is 9.29. The summed E-state index contributed by atoms with van der Waals surface area (Å²) >= 11 is 0. The minimum Gasteiger partial charge on any atom is -0.404 e. The lowest BCUT2D eigenvalue weighted by molar-refractivity contribution is 0.0727. The van der Waals surface area contributed by atoms with Gasteiger partial charge in [-0.1, -0.05) is 88.8 Å². The highest BCUT2D eigenvalue weighted by Gasteiger charge is 2.10. The molecule has 0 unspecified atom stereocenters. The summed E-state index contributed by atoms with van der Waals surface area (Å²) < 4.78 is 11.2. The van der Waals surface area contributed by atoms with Crippen molar-refractivity contribution in [2.45, 2.75) is 78.2 Å². The molecule has 1 heterocycles. The minimum absolute atomic E-state index is 0.301. The number of ether oxygens (including phenoxy) is 2. The van der Waals surface area contributed by atoms with Crippen LogP contribution in [0.15, 0.2) is 66.9 Å². The van der Waals surface area contributed by atoms with Crippen LogP contribution in [0, 0.1) is 0 Å². The lowest BCUT2D eigenvalue weighted by Crippen LogP contribution is -2.09. The second-order valence-corrected chi connectivity index (χ2v) is 9.09. The van der Waals surface area contributed by atoms with Crippen LogP contribution < -0.4 is 4.74 Å². The maximum atomic E-state index is 12.5. The molecule has 3 aromatic rings. The van der Waals surface area contributed by atoms with E-state index in [0.717, 1.165) is 36.1 Å². The number of carbonyl (C=O) groups excluding carboxylic acids is 1. The first-order chi connectivity index (χ1) is 17.2. The van der Waals surface area contributed by atoms with Crippen molar-refractivity contribution in [1.29, 1.82) is 0 Å². The molecule has 2 aromatic carbocycles. The summed E-state index contributed by atoms with van der Waals surface area (Å²) in [4.78, 5) is 16.8. The monoisotopic (exact) mass is 473 g/mol. The smallest absolute Gasteiger partial charge is 0.344 e. The highest BCUT2D eigenvalue weighted by molar-refractivity contribution is 5.90. The fourth-order valence-corrected chi connectivity index (χ4v) is 3.94. The van der Waals surface area contributed by atoms with E-state index in [9.17, 15) is 4.79 Å². The molecule has 0 saturated carbocycles. The molecule has 0 saturated heterocycles. The van der Waals surface area contributed by atoms with E-state index in [2.05, 4.69) is 43.1 Å². The van der Waals surface area contributed by atoms with Gasteiger partial charge in [-0.15, -0.1) is 0 Å². The first-order valence-electron chi connectivity index (χ1n) is 13.1. The molecular formula is C31H39NO3. The Bertz CT molecular complexity index is 995. The third-order valence-corrected chi connectivity index (χ3v) is 6.14. The van der Waals surface area contributed by atoms with Gasteiger partial charge in [0.2, 0.25) is 5.88 Å². The fraction of sp³-hybridized carbons (Fsp3) is 0.419. The van der Waals surface area contributed by atoms with Gasteiger partial charge in [-0.3, -0.25) is 0 Å². The van der Waals surface area contributed by atoms with Gasteiger partial charge in [0.15, 0.2) is 0 Å². The Hall–Kier alpha value is -2.98. The number of hydrogen-bond donors (Lipinski definition) is 0. The zero-order chi connectivity index (χ0) is 24.7. The van der Waals surface area contributed by atoms with Crippen LogP contribution in [0.4, 0.5) is 0 Å². The van der Waals surface area contributed by atoms with Crippen LogP contribution in [-0.2, 0) is 17.8 Å². The Kier molecular flexibility index (Phi) is 11.5. The van der Waals surface area contributed by atoms with Crippen molar-refractivity contribution in [1.82, 2.24) is 4.98 Å². The molecule has 0 fully saturated rings. The quantitative estimate of drug-likeness (QED) is 0.165.